The number of carbonyl (C=O) groups is 1. The highest BCUT2D eigenvalue weighted by molar-refractivity contribution is 5.73. The van der Waals surface area contributed by atoms with Crippen LogP contribution in [0, 0.1) is 5.92 Å². The van der Waals surface area contributed by atoms with Gasteiger partial charge in [-0.1, -0.05) is 0 Å². The smallest absolute Gasteiger partial charge is 0.314 e. The molecule has 60 valence electrons. The summed E-state index contributed by atoms with van der Waals surface area (Å²) in [5, 5.41) is 17.4. The summed E-state index contributed by atoms with van der Waals surface area (Å²) in [6.07, 6.45) is 1.98. The summed E-state index contributed by atoms with van der Waals surface area (Å²) < 4.78 is 12.3. The van der Waals surface area contributed by atoms with E-state index in [-0.39, 0.29) is 6.42 Å². The molecule has 0 saturated carbocycles. The predicted molar refractivity (Wildman–Crippen MR) is 35.6 cm³/mol. The topological polar surface area (TPSA) is 57.5 Å². The van der Waals surface area contributed by atoms with Gasteiger partial charge in [0.1, 0.15) is 17.5 Å². The van der Waals surface area contributed by atoms with Gasteiger partial charge in [0, 0.05) is 6.08 Å². The number of aliphatic hydroxyl groups is 1. The first-order valence-electron chi connectivity index (χ1n) is 3.10. The first kappa shape index (κ1) is 7.78. The van der Waals surface area contributed by atoms with Gasteiger partial charge in [0.05, 0.1) is 0 Å². The van der Waals surface area contributed by atoms with Crippen LogP contribution in [0.1, 0.15) is 6.42 Å². The summed E-state index contributed by atoms with van der Waals surface area (Å²) in [6, 6.07) is 0. The van der Waals surface area contributed by atoms with E-state index in [2.05, 4.69) is 0 Å². The molecule has 0 aromatic heterocycles. The van der Waals surface area contributed by atoms with E-state index in [4.69, 9.17) is 10.2 Å². The van der Waals surface area contributed by atoms with Gasteiger partial charge < -0.3 is 10.2 Å². The van der Waals surface area contributed by atoms with Crippen molar-refractivity contribution in [3.63, 3.8) is 0 Å². The maximum absolute atomic E-state index is 12.3. The molecule has 1 aliphatic carbocycles. The van der Waals surface area contributed by atoms with Gasteiger partial charge in [0.25, 0.3) is 0 Å². The lowest BCUT2D eigenvalue weighted by molar-refractivity contribution is -0.141. The Morgan fingerprint density at radius 1 is 1.73 bits per heavy atom. The minimum atomic E-state index is -1.14. The van der Waals surface area contributed by atoms with Gasteiger partial charge >= 0.3 is 5.97 Å². The van der Waals surface area contributed by atoms with Gasteiger partial charge in [0.15, 0.2) is 0 Å². The lowest BCUT2D eigenvalue weighted by Gasteiger charge is -2.12. The number of hydrogen-bond donors (Lipinski definition) is 2. The van der Waals surface area contributed by atoms with Crippen LogP contribution in [0.2, 0.25) is 0 Å². The van der Waals surface area contributed by atoms with Crippen LogP contribution in [0.3, 0.4) is 0 Å². The molecule has 0 radical (unpaired) electrons. The van der Waals surface area contributed by atoms with Gasteiger partial charge in [-0.2, -0.15) is 0 Å². The first-order valence-corrected chi connectivity index (χ1v) is 3.10. The molecule has 1 unspecified atom stereocenters. The van der Waals surface area contributed by atoms with Crippen molar-refractivity contribution >= 4 is 5.97 Å². The van der Waals surface area contributed by atoms with E-state index < -0.39 is 23.5 Å². The Balaban J connectivity index is 2.80. The Labute approximate surface area is 62.5 Å². The van der Waals surface area contributed by atoms with Crippen LogP contribution < -0.4 is 0 Å². The number of rotatable bonds is 1. The third kappa shape index (κ3) is 1.58. The van der Waals surface area contributed by atoms with Gasteiger partial charge in [-0.05, 0) is 12.5 Å². The minimum absolute atomic E-state index is 0.0174. The number of carboxylic acid groups (broad SMARTS) is 1. The molecule has 0 fully saturated rings. The van der Waals surface area contributed by atoms with Crippen LogP contribution in [0.15, 0.2) is 23.7 Å². The summed E-state index contributed by atoms with van der Waals surface area (Å²) in [6.45, 7) is 0. The van der Waals surface area contributed by atoms with Crippen molar-refractivity contribution in [2.24, 2.45) is 5.92 Å². The predicted octanol–water partition coefficient (Wildman–Crippen LogP) is 1.39. The minimum Gasteiger partial charge on any atom is -0.511 e. The molecule has 11 heavy (non-hydrogen) atoms. The average molecular weight is 158 g/mol. The van der Waals surface area contributed by atoms with E-state index in [9.17, 15) is 9.18 Å². The Kier molecular flexibility index (Phi) is 1.94. The number of aliphatic carboxylic acids is 1. The SMILES string of the molecule is O=C(O)C1CC=C(F)C=C1O. The number of allylic oxidation sites excluding steroid dienone is 3. The molecule has 2 N–H and O–H groups in total. The summed E-state index contributed by atoms with van der Waals surface area (Å²) in [5.41, 5.74) is 0. The average Bonchev–Trinajstić information content (AvgIpc) is 1.85. The number of halogens is 1. The van der Waals surface area contributed by atoms with Crippen LogP contribution >= 0.6 is 0 Å². The van der Waals surface area contributed by atoms with E-state index in [0.29, 0.717) is 0 Å². The monoisotopic (exact) mass is 158 g/mol. The highest BCUT2D eigenvalue weighted by atomic mass is 19.1. The molecule has 1 aliphatic rings. The molecule has 4 heteroatoms. The second kappa shape index (κ2) is 2.74. The molecule has 0 spiro atoms. The van der Waals surface area contributed by atoms with Crippen LogP contribution in [-0.2, 0) is 4.79 Å². The summed E-state index contributed by atoms with van der Waals surface area (Å²) >= 11 is 0. The standard InChI is InChI=1S/C7H7FO3/c8-4-1-2-5(7(10)11)6(9)3-4/h1,3,5,9H,2H2,(H,10,11). The largest absolute Gasteiger partial charge is 0.511 e. The quantitative estimate of drug-likeness (QED) is 0.606. The zero-order valence-electron chi connectivity index (χ0n) is 5.62. The molecule has 0 saturated heterocycles. The number of aliphatic hydroxyl groups excluding tert-OH is 1. The van der Waals surface area contributed by atoms with Gasteiger partial charge in [0.2, 0.25) is 0 Å². The Hall–Kier alpha value is -1.32. The molecule has 1 atom stereocenters. The molecular formula is C7H7FO3. The van der Waals surface area contributed by atoms with E-state index in [1.54, 1.807) is 0 Å². The zero-order valence-corrected chi connectivity index (χ0v) is 5.62. The Morgan fingerprint density at radius 2 is 2.36 bits per heavy atom. The van der Waals surface area contributed by atoms with Crippen molar-refractivity contribution in [1.29, 1.82) is 0 Å². The van der Waals surface area contributed by atoms with Crippen molar-refractivity contribution in [2.45, 2.75) is 6.42 Å². The zero-order chi connectivity index (χ0) is 8.43. The molecular weight excluding hydrogens is 151 g/mol. The number of carboxylic acids is 1. The fourth-order valence-electron chi connectivity index (χ4n) is 0.879. The van der Waals surface area contributed by atoms with Crippen molar-refractivity contribution in [3.05, 3.63) is 23.7 Å². The summed E-state index contributed by atoms with van der Waals surface area (Å²) in [5.74, 6) is -3.12. The Morgan fingerprint density at radius 3 is 2.82 bits per heavy atom. The lowest BCUT2D eigenvalue weighted by Crippen LogP contribution is -2.17. The van der Waals surface area contributed by atoms with Crippen LogP contribution in [0.5, 0.6) is 0 Å². The van der Waals surface area contributed by atoms with E-state index in [1.807, 2.05) is 0 Å². The molecule has 0 aromatic rings. The normalized spacial score (nSPS) is 23.9. The molecule has 0 bridgehead atoms. The molecule has 1 rings (SSSR count). The lowest BCUT2D eigenvalue weighted by atomic mass is 9.99. The highest BCUT2D eigenvalue weighted by Crippen LogP contribution is 2.22. The van der Waals surface area contributed by atoms with Gasteiger partial charge in [-0.3, -0.25) is 4.79 Å². The second-order valence-electron chi connectivity index (χ2n) is 2.28. The maximum Gasteiger partial charge on any atom is 0.314 e. The van der Waals surface area contributed by atoms with Crippen molar-refractivity contribution in [3.8, 4) is 0 Å². The van der Waals surface area contributed by atoms with E-state index >= 15 is 0 Å². The third-order valence-corrected chi connectivity index (χ3v) is 1.49. The van der Waals surface area contributed by atoms with Crippen LogP contribution in [0.25, 0.3) is 0 Å². The third-order valence-electron chi connectivity index (χ3n) is 1.49. The summed E-state index contributed by atoms with van der Waals surface area (Å²) in [7, 11) is 0. The fourth-order valence-corrected chi connectivity index (χ4v) is 0.879. The van der Waals surface area contributed by atoms with Crippen molar-refractivity contribution in [2.75, 3.05) is 0 Å². The molecule has 0 aromatic carbocycles. The van der Waals surface area contributed by atoms with Crippen molar-refractivity contribution in [1.82, 2.24) is 0 Å². The first-order chi connectivity index (χ1) is 5.11. The second-order valence-corrected chi connectivity index (χ2v) is 2.28. The highest BCUT2D eigenvalue weighted by Gasteiger charge is 2.23. The fraction of sp³-hybridized carbons (Fsp3) is 0.286. The molecule has 3 nitrogen and oxygen atoms in total. The summed E-state index contributed by atoms with van der Waals surface area (Å²) in [4.78, 5) is 10.3. The maximum atomic E-state index is 12.3. The molecule has 0 aliphatic heterocycles. The van der Waals surface area contributed by atoms with Gasteiger partial charge in [-0.25, -0.2) is 4.39 Å². The van der Waals surface area contributed by atoms with Crippen LogP contribution in [-0.4, -0.2) is 16.2 Å². The molecule has 0 amide bonds. The number of hydrogen-bond acceptors (Lipinski definition) is 2. The van der Waals surface area contributed by atoms with Crippen molar-refractivity contribution < 1.29 is 19.4 Å². The molecule has 0 heterocycles. The van der Waals surface area contributed by atoms with E-state index in [0.717, 1.165) is 12.2 Å². The van der Waals surface area contributed by atoms with Gasteiger partial charge in [-0.15, -0.1) is 0 Å². The Bertz CT molecular complexity index is 242. The van der Waals surface area contributed by atoms with Crippen LogP contribution in [0.4, 0.5) is 4.39 Å². The van der Waals surface area contributed by atoms with E-state index in [1.165, 1.54) is 0 Å².